The van der Waals surface area contributed by atoms with E-state index in [0.717, 1.165) is 51.0 Å². The molecular weight excluding hydrogens is 296 g/mol. The lowest BCUT2D eigenvalue weighted by atomic mass is 9.80. The third-order valence-corrected chi connectivity index (χ3v) is 6.16. The van der Waals surface area contributed by atoms with E-state index in [2.05, 4.69) is 30.7 Å². The van der Waals surface area contributed by atoms with E-state index >= 15 is 0 Å². The Morgan fingerprint density at radius 3 is 2.77 bits per heavy atom. The van der Waals surface area contributed by atoms with Gasteiger partial charge in [0.15, 0.2) is 0 Å². The Morgan fingerprint density at radius 2 is 2.18 bits per heavy atom. The van der Waals surface area contributed by atoms with Gasteiger partial charge in [-0.15, -0.1) is 11.3 Å². The Kier molecular flexibility index (Phi) is 4.88. The van der Waals surface area contributed by atoms with Crippen molar-refractivity contribution in [2.24, 2.45) is 5.92 Å². The van der Waals surface area contributed by atoms with Crippen molar-refractivity contribution >= 4 is 11.3 Å². The van der Waals surface area contributed by atoms with Crippen LogP contribution >= 0.6 is 11.3 Å². The fourth-order valence-electron chi connectivity index (χ4n) is 3.73. The highest BCUT2D eigenvalue weighted by Gasteiger charge is 2.43. The van der Waals surface area contributed by atoms with Gasteiger partial charge in [-0.25, -0.2) is 4.98 Å². The molecule has 2 aliphatic heterocycles. The molecule has 1 aromatic heterocycles. The van der Waals surface area contributed by atoms with E-state index in [1.165, 1.54) is 4.88 Å². The predicted octanol–water partition coefficient (Wildman–Crippen LogP) is 2.98. The number of hydrogen-bond acceptors (Lipinski definition) is 5. The van der Waals surface area contributed by atoms with Gasteiger partial charge in [0.05, 0.1) is 29.0 Å². The molecule has 0 amide bonds. The molecule has 2 saturated heterocycles. The molecule has 0 aromatic carbocycles. The molecule has 2 fully saturated rings. The Hall–Kier alpha value is -0.490. The largest absolute Gasteiger partial charge is 0.393 e. The van der Waals surface area contributed by atoms with Gasteiger partial charge in [-0.1, -0.05) is 13.8 Å². The zero-order chi connectivity index (χ0) is 15.7. The molecule has 3 heterocycles. The summed E-state index contributed by atoms with van der Waals surface area (Å²) in [4.78, 5) is 8.21. The number of hydrogen-bond donors (Lipinski definition) is 1. The maximum absolute atomic E-state index is 10.3. The molecule has 5 heteroatoms. The molecular formula is C17H28N2O2S. The van der Waals surface area contributed by atoms with Crippen LogP contribution in [0.1, 0.15) is 50.1 Å². The molecule has 2 aliphatic rings. The van der Waals surface area contributed by atoms with Crippen LogP contribution in [0.15, 0.2) is 5.51 Å². The van der Waals surface area contributed by atoms with Gasteiger partial charge in [0, 0.05) is 30.9 Å². The van der Waals surface area contributed by atoms with E-state index in [1.54, 1.807) is 11.3 Å². The van der Waals surface area contributed by atoms with E-state index in [9.17, 15) is 5.11 Å². The normalized spacial score (nSPS) is 29.3. The molecule has 4 nitrogen and oxygen atoms in total. The number of nitrogens with zero attached hydrogens (tertiary/aromatic N) is 2. The van der Waals surface area contributed by atoms with E-state index in [-0.39, 0.29) is 17.8 Å². The number of ether oxygens (including phenoxy) is 1. The van der Waals surface area contributed by atoms with Crippen molar-refractivity contribution < 1.29 is 9.84 Å². The first kappa shape index (κ1) is 16.4. The Balaban J connectivity index is 1.59. The fourth-order valence-corrected chi connectivity index (χ4v) is 4.55. The standard InChI is InChI=1S/C17H28N2O2S/c1-12(2)15-8-14(20)9-17(21-15)4-6-19(7-5-17)10-16-13(3)18-11-22-16/h11-12,14-15,20H,4-10H2,1-3H3/t14-,15-/m1/s1. The van der Waals surface area contributed by atoms with Crippen LogP contribution in [0.5, 0.6) is 0 Å². The molecule has 2 atom stereocenters. The van der Waals surface area contributed by atoms with Gasteiger partial charge in [0.25, 0.3) is 0 Å². The van der Waals surface area contributed by atoms with Crippen LogP contribution in [0.25, 0.3) is 0 Å². The molecule has 1 spiro atoms. The van der Waals surface area contributed by atoms with Crippen molar-refractivity contribution in [3.63, 3.8) is 0 Å². The smallest absolute Gasteiger partial charge is 0.0798 e. The first-order valence-electron chi connectivity index (χ1n) is 8.45. The summed E-state index contributed by atoms with van der Waals surface area (Å²) < 4.78 is 6.46. The second-order valence-electron chi connectivity index (χ2n) is 7.31. The summed E-state index contributed by atoms with van der Waals surface area (Å²) in [6, 6.07) is 0. The van der Waals surface area contributed by atoms with Crippen molar-refractivity contribution in [2.75, 3.05) is 13.1 Å². The summed E-state index contributed by atoms with van der Waals surface area (Å²) in [7, 11) is 0. The average Bonchev–Trinajstić information content (AvgIpc) is 2.86. The highest BCUT2D eigenvalue weighted by Crippen LogP contribution is 2.39. The summed E-state index contributed by atoms with van der Waals surface area (Å²) in [6.07, 6.45) is 3.68. The van der Waals surface area contributed by atoms with Crippen molar-refractivity contribution in [1.82, 2.24) is 9.88 Å². The van der Waals surface area contributed by atoms with Gasteiger partial charge >= 0.3 is 0 Å². The number of aliphatic hydroxyl groups excluding tert-OH is 1. The van der Waals surface area contributed by atoms with Crippen LogP contribution in [-0.4, -0.2) is 45.9 Å². The van der Waals surface area contributed by atoms with Gasteiger partial charge in [0.2, 0.25) is 0 Å². The quantitative estimate of drug-likeness (QED) is 0.928. The Morgan fingerprint density at radius 1 is 1.45 bits per heavy atom. The molecule has 0 radical (unpaired) electrons. The first-order valence-corrected chi connectivity index (χ1v) is 9.32. The van der Waals surface area contributed by atoms with Crippen LogP contribution in [0.2, 0.25) is 0 Å². The minimum absolute atomic E-state index is 0.0914. The summed E-state index contributed by atoms with van der Waals surface area (Å²) in [5.74, 6) is 0.477. The third kappa shape index (κ3) is 3.53. The van der Waals surface area contributed by atoms with E-state index in [0.29, 0.717) is 5.92 Å². The van der Waals surface area contributed by atoms with Gasteiger partial charge < -0.3 is 9.84 Å². The van der Waals surface area contributed by atoms with E-state index in [1.807, 2.05) is 5.51 Å². The molecule has 1 N–H and O–H groups in total. The van der Waals surface area contributed by atoms with Gasteiger partial charge in [-0.05, 0) is 32.1 Å². The zero-order valence-corrected chi connectivity index (χ0v) is 14.7. The van der Waals surface area contributed by atoms with Crippen LogP contribution < -0.4 is 0 Å². The Labute approximate surface area is 137 Å². The molecule has 1 aromatic rings. The third-order valence-electron chi connectivity index (χ3n) is 5.24. The molecule has 0 saturated carbocycles. The minimum atomic E-state index is -0.198. The van der Waals surface area contributed by atoms with Gasteiger partial charge in [0.1, 0.15) is 0 Å². The molecule has 0 unspecified atom stereocenters. The minimum Gasteiger partial charge on any atom is -0.393 e. The lowest BCUT2D eigenvalue weighted by molar-refractivity contribution is -0.193. The highest BCUT2D eigenvalue weighted by molar-refractivity contribution is 7.09. The maximum Gasteiger partial charge on any atom is 0.0798 e. The molecule has 124 valence electrons. The topological polar surface area (TPSA) is 45.6 Å². The van der Waals surface area contributed by atoms with Crippen molar-refractivity contribution in [3.05, 3.63) is 16.1 Å². The van der Waals surface area contributed by atoms with Crippen LogP contribution in [0.3, 0.4) is 0 Å². The van der Waals surface area contributed by atoms with E-state index < -0.39 is 0 Å². The van der Waals surface area contributed by atoms with E-state index in [4.69, 9.17) is 4.74 Å². The number of aliphatic hydroxyl groups is 1. The summed E-state index contributed by atoms with van der Waals surface area (Å²) in [6.45, 7) is 9.58. The summed E-state index contributed by atoms with van der Waals surface area (Å²) >= 11 is 1.75. The number of aryl methyl sites for hydroxylation is 1. The fraction of sp³-hybridized carbons (Fsp3) is 0.824. The average molecular weight is 324 g/mol. The number of piperidine rings is 1. The SMILES string of the molecule is Cc1ncsc1CN1CCC2(CC1)C[C@H](O)C[C@H](C(C)C)O2. The summed E-state index contributed by atoms with van der Waals surface area (Å²) in [5, 5.41) is 10.3. The van der Waals surface area contributed by atoms with Gasteiger partial charge in [-0.3, -0.25) is 4.90 Å². The molecule has 0 bridgehead atoms. The molecule has 3 rings (SSSR count). The van der Waals surface area contributed by atoms with Gasteiger partial charge in [-0.2, -0.15) is 0 Å². The maximum atomic E-state index is 10.3. The number of aromatic nitrogens is 1. The number of rotatable bonds is 3. The number of likely N-dealkylation sites (tertiary alicyclic amines) is 1. The lowest BCUT2D eigenvalue weighted by Crippen LogP contribution is -2.53. The van der Waals surface area contributed by atoms with Crippen LogP contribution in [0.4, 0.5) is 0 Å². The van der Waals surface area contributed by atoms with Crippen LogP contribution in [-0.2, 0) is 11.3 Å². The Bertz CT molecular complexity index is 495. The first-order chi connectivity index (χ1) is 10.5. The second kappa shape index (κ2) is 6.56. The lowest BCUT2D eigenvalue weighted by Gasteiger charge is -2.48. The van der Waals surface area contributed by atoms with Crippen LogP contribution in [0, 0.1) is 12.8 Å². The highest BCUT2D eigenvalue weighted by atomic mass is 32.1. The van der Waals surface area contributed by atoms with Crippen molar-refractivity contribution in [2.45, 2.75) is 70.8 Å². The number of thiazole rings is 1. The molecule has 22 heavy (non-hydrogen) atoms. The van der Waals surface area contributed by atoms with Crippen molar-refractivity contribution in [1.29, 1.82) is 0 Å². The van der Waals surface area contributed by atoms with Crippen molar-refractivity contribution in [3.8, 4) is 0 Å². The predicted molar refractivity (Wildman–Crippen MR) is 89.0 cm³/mol. The second-order valence-corrected chi connectivity index (χ2v) is 8.25. The zero-order valence-electron chi connectivity index (χ0n) is 13.9. The monoisotopic (exact) mass is 324 g/mol. The molecule has 0 aliphatic carbocycles. The summed E-state index contributed by atoms with van der Waals surface area (Å²) in [5.41, 5.74) is 3.00.